The Labute approximate surface area is 92.7 Å². The Kier molecular flexibility index (Phi) is 3.45. The quantitative estimate of drug-likeness (QED) is 0.555. The van der Waals surface area contributed by atoms with Crippen molar-refractivity contribution >= 4 is 0 Å². The molecule has 78 valence electrons. The van der Waals surface area contributed by atoms with Gasteiger partial charge < -0.3 is 0 Å². The molecule has 1 fully saturated rings. The van der Waals surface area contributed by atoms with Gasteiger partial charge in [-0.2, -0.15) is 0 Å². The fourth-order valence-electron chi connectivity index (χ4n) is 2.11. The molecule has 0 nitrogen and oxygen atoms in total. The maximum Gasteiger partial charge on any atom is 0.0245 e. The second kappa shape index (κ2) is 5.03. The summed E-state index contributed by atoms with van der Waals surface area (Å²) in [5.41, 5.74) is 1.15. The first-order valence-electron chi connectivity index (χ1n) is 5.91. The lowest BCUT2D eigenvalue weighted by molar-refractivity contribution is 0.337. The van der Waals surface area contributed by atoms with E-state index in [2.05, 4.69) is 30.9 Å². The monoisotopic (exact) mass is 198 g/mol. The van der Waals surface area contributed by atoms with Crippen LogP contribution in [0, 0.1) is 23.7 Å². The van der Waals surface area contributed by atoms with E-state index in [9.17, 15) is 0 Å². The smallest absolute Gasteiger partial charge is 0.0245 e. The lowest BCUT2D eigenvalue weighted by Crippen LogP contribution is -2.10. The second-order valence-corrected chi connectivity index (χ2v) is 4.59. The van der Waals surface area contributed by atoms with Gasteiger partial charge in [-0.1, -0.05) is 37.0 Å². The Balaban J connectivity index is 1.95. The number of rotatable bonds is 0. The van der Waals surface area contributed by atoms with E-state index in [4.69, 9.17) is 0 Å². The van der Waals surface area contributed by atoms with Crippen molar-refractivity contribution in [2.75, 3.05) is 0 Å². The summed E-state index contributed by atoms with van der Waals surface area (Å²) in [7, 11) is 0. The van der Waals surface area contributed by atoms with Gasteiger partial charge in [0.2, 0.25) is 0 Å². The zero-order valence-electron chi connectivity index (χ0n) is 9.37. The van der Waals surface area contributed by atoms with E-state index >= 15 is 0 Å². The van der Waals surface area contributed by atoms with Crippen LogP contribution in [0.25, 0.3) is 0 Å². The van der Waals surface area contributed by atoms with Crippen LogP contribution in [0.1, 0.15) is 38.2 Å². The van der Waals surface area contributed by atoms with Gasteiger partial charge in [0.15, 0.2) is 0 Å². The Bertz CT molecular complexity index is 345. The third-order valence-corrected chi connectivity index (χ3v) is 3.21. The predicted octanol–water partition coefficient (Wildman–Crippen LogP) is 3.86. The van der Waals surface area contributed by atoms with Crippen molar-refractivity contribution in [3.05, 3.63) is 35.9 Å². The minimum absolute atomic E-state index is 0.640. The Morgan fingerprint density at radius 2 is 1.67 bits per heavy atom. The highest BCUT2D eigenvalue weighted by molar-refractivity contribution is 5.34. The third kappa shape index (κ3) is 3.13. The highest BCUT2D eigenvalue weighted by atomic mass is 14.2. The normalized spacial score (nSPS) is 25.4. The van der Waals surface area contributed by atoms with Crippen LogP contribution in [-0.4, -0.2) is 0 Å². The zero-order chi connectivity index (χ0) is 10.5. The number of benzene rings is 1. The Morgan fingerprint density at radius 1 is 1.00 bits per heavy atom. The molecule has 0 saturated heterocycles. The molecule has 1 aliphatic carbocycles. The Morgan fingerprint density at radius 3 is 2.33 bits per heavy atom. The molecular weight excluding hydrogens is 180 g/mol. The van der Waals surface area contributed by atoms with Crippen LogP contribution in [0.15, 0.2) is 30.3 Å². The molecule has 0 heteroatoms. The van der Waals surface area contributed by atoms with E-state index in [1.165, 1.54) is 25.7 Å². The van der Waals surface area contributed by atoms with Gasteiger partial charge in [-0.3, -0.25) is 0 Å². The molecule has 0 amide bonds. The van der Waals surface area contributed by atoms with Crippen molar-refractivity contribution in [1.29, 1.82) is 0 Å². The molecule has 0 aromatic heterocycles. The van der Waals surface area contributed by atoms with E-state index in [-0.39, 0.29) is 0 Å². The van der Waals surface area contributed by atoms with Gasteiger partial charge in [0.25, 0.3) is 0 Å². The summed E-state index contributed by atoms with van der Waals surface area (Å²) in [4.78, 5) is 0. The first-order valence-corrected chi connectivity index (χ1v) is 5.91. The van der Waals surface area contributed by atoms with Crippen molar-refractivity contribution in [2.24, 2.45) is 11.8 Å². The van der Waals surface area contributed by atoms with Crippen LogP contribution in [0.4, 0.5) is 0 Å². The van der Waals surface area contributed by atoms with Crippen molar-refractivity contribution in [3.8, 4) is 11.8 Å². The predicted molar refractivity (Wildman–Crippen MR) is 64.4 cm³/mol. The van der Waals surface area contributed by atoms with Gasteiger partial charge in [-0.25, -0.2) is 0 Å². The molecule has 0 N–H and O–H groups in total. The van der Waals surface area contributed by atoms with Gasteiger partial charge in [0.1, 0.15) is 0 Å². The molecule has 0 spiro atoms. The lowest BCUT2D eigenvalue weighted by atomic mass is 9.83. The largest absolute Gasteiger partial charge is 0.0945 e. The van der Waals surface area contributed by atoms with Crippen molar-refractivity contribution in [3.63, 3.8) is 0 Å². The number of hydrogen-bond acceptors (Lipinski definition) is 0. The average Bonchev–Trinajstić information content (AvgIpc) is 2.30. The van der Waals surface area contributed by atoms with Gasteiger partial charge in [0.05, 0.1) is 0 Å². The topological polar surface area (TPSA) is 0 Å². The molecule has 0 aliphatic heterocycles. The fraction of sp³-hybridized carbons (Fsp3) is 0.467. The van der Waals surface area contributed by atoms with Crippen LogP contribution in [0.2, 0.25) is 0 Å². The maximum atomic E-state index is 3.41. The SMILES string of the molecule is CC1CCC(C#Cc2ccccc2)CC1. The lowest BCUT2D eigenvalue weighted by Gasteiger charge is -2.21. The van der Waals surface area contributed by atoms with E-state index in [1.807, 2.05) is 18.2 Å². The van der Waals surface area contributed by atoms with Crippen molar-refractivity contribution in [1.82, 2.24) is 0 Å². The van der Waals surface area contributed by atoms with Crippen LogP contribution in [-0.2, 0) is 0 Å². The minimum atomic E-state index is 0.640. The summed E-state index contributed by atoms with van der Waals surface area (Å²) in [6, 6.07) is 10.3. The molecule has 0 heterocycles. The summed E-state index contributed by atoms with van der Waals surface area (Å²) in [6.07, 6.45) is 5.30. The molecular formula is C15H18. The van der Waals surface area contributed by atoms with Crippen LogP contribution in [0.3, 0.4) is 0 Å². The van der Waals surface area contributed by atoms with Gasteiger partial charge in [0, 0.05) is 11.5 Å². The van der Waals surface area contributed by atoms with Gasteiger partial charge in [-0.05, 0) is 43.7 Å². The summed E-state index contributed by atoms with van der Waals surface area (Å²) in [5.74, 6) is 8.24. The number of hydrogen-bond donors (Lipinski definition) is 0. The molecule has 1 aromatic carbocycles. The summed E-state index contributed by atoms with van der Waals surface area (Å²) in [5, 5.41) is 0. The van der Waals surface area contributed by atoms with E-state index < -0.39 is 0 Å². The molecule has 2 rings (SSSR count). The molecule has 0 atom stereocenters. The van der Waals surface area contributed by atoms with Gasteiger partial charge >= 0.3 is 0 Å². The van der Waals surface area contributed by atoms with Crippen molar-refractivity contribution in [2.45, 2.75) is 32.6 Å². The standard InChI is InChI=1S/C15H18/c1-13-7-9-15(10-8-13)12-11-14-5-3-2-4-6-14/h2-6,13,15H,7-10H2,1H3. The van der Waals surface area contributed by atoms with E-state index in [1.54, 1.807) is 0 Å². The molecule has 1 aromatic rings. The van der Waals surface area contributed by atoms with E-state index in [0.717, 1.165) is 11.5 Å². The summed E-state index contributed by atoms with van der Waals surface area (Å²) < 4.78 is 0. The average molecular weight is 198 g/mol. The highest BCUT2D eigenvalue weighted by Crippen LogP contribution is 2.27. The summed E-state index contributed by atoms with van der Waals surface area (Å²) >= 11 is 0. The van der Waals surface area contributed by atoms with Crippen molar-refractivity contribution < 1.29 is 0 Å². The first-order chi connectivity index (χ1) is 7.34. The third-order valence-electron chi connectivity index (χ3n) is 3.21. The maximum absolute atomic E-state index is 3.41. The molecule has 15 heavy (non-hydrogen) atoms. The minimum Gasteiger partial charge on any atom is -0.0945 e. The van der Waals surface area contributed by atoms with Crippen LogP contribution < -0.4 is 0 Å². The molecule has 1 aliphatic rings. The highest BCUT2D eigenvalue weighted by Gasteiger charge is 2.15. The molecule has 1 saturated carbocycles. The summed E-state index contributed by atoms with van der Waals surface area (Å²) in [6.45, 7) is 2.35. The molecule has 0 unspecified atom stereocenters. The van der Waals surface area contributed by atoms with E-state index in [0.29, 0.717) is 5.92 Å². The first kappa shape index (κ1) is 10.3. The molecule has 0 radical (unpaired) electrons. The molecule has 0 bridgehead atoms. The zero-order valence-corrected chi connectivity index (χ0v) is 9.37. The van der Waals surface area contributed by atoms with Crippen LogP contribution >= 0.6 is 0 Å². The van der Waals surface area contributed by atoms with Gasteiger partial charge in [-0.15, -0.1) is 0 Å². The Hall–Kier alpha value is -1.22. The fourth-order valence-corrected chi connectivity index (χ4v) is 2.11. The van der Waals surface area contributed by atoms with Crippen LogP contribution in [0.5, 0.6) is 0 Å². The second-order valence-electron chi connectivity index (χ2n) is 4.59.